The summed E-state index contributed by atoms with van der Waals surface area (Å²) in [7, 11) is 0. The summed E-state index contributed by atoms with van der Waals surface area (Å²) in [4.78, 5) is 51.7. The molecule has 4 amide bonds. The highest BCUT2D eigenvalue weighted by atomic mass is 35.5. The van der Waals surface area contributed by atoms with Gasteiger partial charge in [-0.1, -0.05) is 35.9 Å². The van der Waals surface area contributed by atoms with E-state index in [2.05, 4.69) is 17.4 Å². The molecule has 3 aromatic rings. The smallest absolute Gasteiger partial charge is 0.335 e. The molecule has 1 aliphatic heterocycles. The molecule has 0 radical (unpaired) electrons. The first-order chi connectivity index (χ1) is 22.6. The summed E-state index contributed by atoms with van der Waals surface area (Å²) in [6.45, 7) is 2.18. The molecule has 9 nitrogen and oxygen atoms in total. The van der Waals surface area contributed by atoms with Crippen molar-refractivity contribution in [1.82, 2.24) is 5.32 Å². The molecule has 4 saturated carbocycles. The number of hydrogen-bond acceptors (Lipinski definition) is 6. The molecule has 1 heterocycles. The van der Waals surface area contributed by atoms with E-state index in [-0.39, 0.29) is 33.9 Å². The topological polar surface area (TPSA) is 122 Å². The van der Waals surface area contributed by atoms with E-state index in [9.17, 15) is 19.2 Å². The lowest BCUT2D eigenvalue weighted by molar-refractivity contribution is -0.122. The number of nitrogens with zero attached hydrogens (tertiary/aromatic N) is 1. The van der Waals surface area contributed by atoms with Crippen LogP contribution in [0.4, 0.5) is 10.5 Å². The molecule has 47 heavy (non-hydrogen) atoms. The van der Waals surface area contributed by atoms with Crippen molar-refractivity contribution >= 4 is 47.2 Å². The number of carboxylic acid groups (broad SMARTS) is 1. The standard InChI is InChI=1S/C37H35ClN2O7/c1-2-46-31-16-22(15-30(38)32(31)47-20-21-3-5-26(6-4-21)35(43)44)14-29-33(41)39-36(45)40(34(29)42)28-9-7-27(8-10-28)37-17-23-11-24(18-37)13-25(12-23)19-37/h3-10,14-16,23-25H,2,11-13,17-20H2,1H3,(H,43,44)(H,39,41,45)/b29-14+. The van der Waals surface area contributed by atoms with Crippen LogP contribution < -0.4 is 19.7 Å². The summed E-state index contributed by atoms with van der Waals surface area (Å²) in [5, 5.41) is 11.6. The van der Waals surface area contributed by atoms with Crippen molar-refractivity contribution in [1.29, 1.82) is 0 Å². The van der Waals surface area contributed by atoms with Gasteiger partial charge in [-0.05, 0) is 128 Å². The molecule has 5 aliphatic rings. The minimum absolute atomic E-state index is 0.0970. The van der Waals surface area contributed by atoms with Crippen LogP contribution in [0.2, 0.25) is 5.02 Å². The first-order valence-corrected chi connectivity index (χ1v) is 16.4. The number of imide groups is 2. The predicted octanol–water partition coefficient (Wildman–Crippen LogP) is 7.15. The number of carboxylic acids is 1. The van der Waals surface area contributed by atoms with Crippen molar-refractivity contribution in [3.63, 3.8) is 0 Å². The number of nitrogens with one attached hydrogen (secondary N) is 1. The Kier molecular flexibility index (Phi) is 8.04. The van der Waals surface area contributed by atoms with Gasteiger partial charge < -0.3 is 14.6 Å². The Morgan fingerprint density at radius 3 is 2.19 bits per heavy atom. The molecule has 3 aromatic carbocycles. The molecule has 10 heteroatoms. The number of aromatic carboxylic acids is 1. The van der Waals surface area contributed by atoms with E-state index in [1.54, 1.807) is 31.2 Å². The number of barbiturate groups is 1. The second-order valence-electron chi connectivity index (χ2n) is 13.3. The van der Waals surface area contributed by atoms with Gasteiger partial charge in [0.2, 0.25) is 0 Å². The Morgan fingerprint density at radius 2 is 1.60 bits per heavy atom. The number of hydrogen-bond donors (Lipinski definition) is 2. The molecular weight excluding hydrogens is 620 g/mol. The van der Waals surface area contributed by atoms with Gasteiger partial charge >= 0.3 is 12.0 Å². The number of urea groups is 1. The van der Waals surface area contributed by atoms with Crippen LogP contribution in [0.15, 0.2) is 66.2 Å². The summed E-state index contributed by atoms with van der Waals surface area (Å²) in [5.41, 5.74) is 2.92. The molecule has 8 rings (SSSR count). The molecule has 0 unspecified atom stereocenters. The largest absolute Gasteiger partial charge is 0.490 e. The number of carbonyl (C=O) groups is 4. The zero-order valence-electron chi connectivity index (χ0n) is 26.0. The maximum atomic E-state index is 13.7. The highest BCUT2D eigenvalue weighted by Crippen LogP contribution is 2.60. The minimum Gasteiger partial charge on any atom is -0.490 e. The Morgan fingerprint density at radius 1 is 0.957 bits per heavy atom. The lowest BCUT2D eigenvalue weighted by atomic mass is 9.48. The molecule has 2 N–H and O–H groups in total. The molecular formula is C37H35ClN2O7. The highest BCUT2D eigenvalue weighted by molar-refractivity contribution is 6.39. The Labute approximate surface area is 277 Å². The van der Waals surface area contributed by atoms with Crippen molar-refractivity contribution in [2.45, 2.75) is 57.5 Å². The van der Waals surface area contributed by atoms with Crippen LogP contribution in [0.5, 0.6) is 11.5 Å². The van der Waals surface area contributed by atoms with Crippen LogP contribution in [0.3, 0.4) is 0 Å². The van der Waals surface area contributed by atoms with Crippen molar-refractivity contribution in [3.05, 3.63) is 93.5 Å². The van der Waals surface area contributed by atoms with Gasteiger partial charge in [-0.2, -0.15) is 0 Å². The van der Waals surface area contributed by atoms with Crippen molar-refractivity contribution in [2.24, 2.45) is 17.8 Å². The monoisotopic (exact) mass is 654 g/mol. The summed E-state index contributed by atoms with van der Waals surface area (Å²) in [6, 6.07) is 16.3. The lowest BCUT2D eigenvalue weighted by Crippen LogP contribution is -2.54. The number of ether oxygens (including phenoxy) is 2. The third kappa shape index (κ3) is 5.89. The molecule has 1 saturated heterocycles. The minimum atomic E-state index is -1.02. The van der Waals surface area contributed by atoms with Gasteiger partial charge in [-0.25, -0.2) is 14.5 Å². The molecule has 0 spiro atoms. The molecule has 4 bridgehead atoms. The van der Waals surface area contributed by atoms with E-state index in [1.165, 1.54) is 62.3 Å². The molecule has 242 valence electrons. The van der Waals surface area contributed by atoms with Crippen LogP contribution in [0.1, 0.15) is 72.5 Å². The number of carbonyl (C=O) groups excluding carboxylic acids is 3. The van der Waals surface area contributed by atoms with Crippen molar-refractivity contribution in [3.8, 4) is 11.5 Å². The second kappa shape index (κ2) is 12.2. The fourth-order valence-corrected chi connectivity index (χ4v) is 8.73. The van der Waals surface area contributed by atoms with Crippen molar-refractivity contribution < 1.29 is 33.8 Å². The number of anilines is 1. The maximum Gasteiger partial charge on any atom is 0.335 e. The summed E-state index contributed by atoms with van der Waals surface area (Å²) < 4.78 is 11.7. The van der Waals surface area contributed by atoms with E-state index in [1.807, 2.05) is 12.1 Å². The molecule has 5 fully saturated rings. The average molecular weight is 655 g/mol. The molecule has 4 aliphatic carbocycles. The first-order valence-electron chi connectivity index (χ1n) is 16.1. The quantitative estimate of drug-likeness (QED) is 0.186. The summed E-state index contributed by atoms with van der Waals surface area (Å²) >= 11 is 6.61. The van der Waals surface area contributed by atoms with Gasteiger partial charge in [0.25, 0.3) is 11.8 Å². The number of amides is 4. The van der Waals surface area contributed by atoms with E-state index in [0.717, 1.165) is 28.2 Å². The average Bonchev–Trinajstić information content (AvgIpc) is 3.02. The summed E-state index contributed by atoms with van der Waals surface area (Å²) in [6.07, 6.45) is 9.04. The van der Waals surface area contributed by atoms with E-state index in [4.69, 9.17) is 26.2 Å². The van der Waals surface area contributed by atoms with Crippen LogP contribution in [0, 0.1) is 17.8 Å². The molecule has 0 atom stereocenters. The summed E-state index contributed by atoms with van der Waals surface area (Å²) in [5.74, 6) is 0.380. The zero-order valence-corrected chi connectivity index (χ0v) is 26.7. The fraction of sp³-hybridized carbons (Fsp3) is 0.351. The van der Waals surface area contributed by atoms with Crippen LogP contribution in [-0.4, -0.2) is 35.5 Å². The van der Waals surface area contributed by atoms with Crippen LogP contribution in [0.25, 0.3) is 6.08 Å². The van der Waals surface area contributed by atoms with Crippen molar-refractivity contribution in [2.75, 3.05) is 11.5 Å². The van der Waals surface area contributed by atoms with Gasteiger partial charge in [0, 0.05) is 0 Å². The third-order valence-corrected chi connectivity index (χ3v) is 10.4. The Hall–Kier alpha value is -4.63. The van der Waals surface area contributed by atoms with E-state index < -0.39 is 23.8 Å². The van der Waals surface area contributed by atoms with Gasteiger partial charge in [0.15, 0.2) is 11.5 Å². The molecule has 0 aromatic heterocycles. The fourth-order valence-electron chi connectivity index (χ4n) is 8.46. The Bertz CT molecular complexity index is 1760. The second-order valence-corrected chi connectivity index (χ2v) is 13.7. The van der Waals surface area contributed by atoms with Crippen LogP contribution >= 0.6 is 11.6 Å². The van der Waals surface area contributed by atoms with Gasteiger partial charge in [-0.15, -0.1) is 0 Å². The predicted molar refractivity (Wildman–Crippen MR) is 176 cm³/mol. The van der Waals surface area contributed by atoms with Gasteiger partial charge in [0.05, 0.1) is 22.9 Å². The lowest BCUT2D eigenvalue weighted by Gasteiger charge is -2.57. The number of halogens is 1. The SMILES string of the molecule is CCOc1cc(/C=C2\C(=O)NC(=O)N(c3ccc(C45CC6CC(CC(C6)C4)C5)cc3)C2=O)cc(Cl)c1OCc1ccc(C(=O)O)cc1. The van der Waals surface area contributed by atoms with Gasteiger partial charge in [0.1, 0.15) is 12.2 Å². The Balaban J connectivity index is 1.12. The van der Waals surface area contributed by atoms with E-state index in [0.29, 0.717) is 23.6 Å². The highest BCUT2D eigenvalue weighted by Gasteiger charge is 2.51. The normalized spacial score (nSPS) is 25.7. The van der Waals surface area contributed by atoms with E-state index >= 15 is 0 Å². The number of rotatable bonds is 9. The van der Waals surface area contributed by atoms with Gasteiger partial charge in [-0.3, -0.25) is 14.9 Å². The maximum absolute atomic E-state index is 13.7. The first kappa shape index (κ1) is 31.0. The number of benzene rings is 3. The zero-order chi connectivity index (χ0) is 32.9. The van der Waals surface area contributed by atoms with Crippen LogP contribution in [-0.2, 0) is 21.6 Å². The third-order valence-electron chi connectivity index (χ3n) is 10.1.